The summed E-state index contributed by atoms with van der Waals surface area (Å²) in [5.41, 5.74) is 4.15. The van der Waals surface area contributed by atoms with E-state index in [-0.39, 0.29) is 25.4 Å². The van der Waals surface area contributed by atoms with Crippen molar-refractivity contribution >= 4 is 18.0 Å². The first kappa shape index (κ1) is 25.0. The second kappa shape index (κ2) is 10.6. The molecule has 0 saturated carbocycles. The van der Waals surface area contributed by atoms with Gasteiger partial charge in [-0.1, -0.05) is 78.9 Å². The lowest BCUT2D eigenvalue weighted by atomic mass is 9.98. The van der Waals surface area contributed by atoms with E-state index in [1.165, 1.54) is 0 Å². The van der Waals surface area contributed by atoms with Crippen LogP contribution in [-0.4, -0.2) is 35.8 Å². The van der Waals surface area contributed by atoms with Gasteiger partial charge in [0, 0.05) is 12.3 Å². The molecule has 2 N–H and O–H groups in total. The molecule has 0 radical (unpaired) electrons. The number of rotatable bonds is 9. The summed E-state index contributed by atoms with van der Waals surface area (Å²) >= 11 is 0. The third kappa shape index (κ3) is 5.57. The monoisotopic (exact) mass is 487 g/mol. The molecule has 4 rings (SSSR count). The Morgan fingerprint density at radius 3 is 2.03 bits per heavy atom. The van der Waals surface area contributed by atoms with Gasteiger partial charge in [0.1, 0.15) is 18.2 Å². The molecule has 0 aromatic heterocycles. The van der Waals surface area contributed by atoms with Crippen molar-refractivity contribution in [1.82, 2.24) is 5.32 Å². The minimum atomic E-state index is -1.17. The van der Waals surface area contributed by atoms with Crippen LogP contribution in [0.5, 0.6) is 0 Å². The van der Waals surface area contributed by atoms with E-state index < -0.39 is 29.7 Å². The number of fused-ring (bicyclic) bond motifs is 3. The van der Waals surface area contributed by atoms with Crippen LogP contribution in [0, 0.1) is 0 Å². The fraction of sp³-hybridized carbons (Fsp3) is 0.276. The SMILES string of the molecule is CC(C)(OC(=O)[C@@H](CCC(=O)O)NC(=O)OCC1c2ccccc2-c2ccccc21)c1ccccc1. The summed E-state index contributed by atoms with van der Waals surface area (Å²) in [7, 11) is 0. The summed E-state index contributed by atoms with van der Waals surface area (Å²) in [6.07, 6.45) is -1.24. The fourth-order valence-electron chi connectivity index (χ4n) is 4.52. The summed E-state index contributed by atoms with van der Waals surface area (Å²) in [4.78, 5) is 36.9. The average Bonchev–Trinajstić information content (AvgIpc) is 3.19. The number of ether oxygens (including phenoxy) is 2. The van der Waals surface area contributed by atoms with E-state index in [2.05, 4.69) is 5.32 Å². The van der Waals surface area contributed by atoms with Crippen molar-refractivity contribution in [2.24, 2.45) is 0 Å². The van der Waals surface area contributed by atoms with Crippen molar-refractivity contribution < 1.29 is 29.0 Å². The molecule has 0 spiro atoms. The summed E-state index contributed by atoms with van der Waals surface area (Å²) in [6.45, 7) is 3.56. The molecular formula is C29H29NO6. The number of carboxylic acids is 1. The third-order valence-corrected chi connectivity index (χ3v) is 6.39. The predicted octanol–water partition coefficient (Wildman–Crippen LogP) is 5.24. The van der Waals surface area contributed by atoms with E-state index in [9.17, 15) is 14.4 Å². The minimum Gasteiger partial charge on any atom is -0.481 e. The highest BCUT2D eigenvalue weighted by Gasteiger charge is 2.33. The van der Waals surface area contributed by atoms with Gasteiger partial charge in [-0.3, -0.25) is 4.79 Å². The number of carbonyl (C=O) groups excluding carboxylic acids is 2. The Kier molecular flexibility index (Phi) is 7.38. The molecule has 0 heterocycles. The highest BCUT2D eigenvalue weighted by atomic mass is 16.6. The number of hydrogen-bond donors (Lipinski definition) is 2. The molecule has 186 valence electrons. The number of carbonyl (C=O) groups is 3. The molecule has 1 aliphatic rings. The van der Waals surface area contributed by atoms with Crippen LogP contribution in [0.15, 0.2) is 78.9 Å². The lowest BCUT2D eigenvalue weighted by molar-refractivity contribution is -0.160. The second-order valence-electron chi connectivity index (χ2n) is 9.25. The number of carboxylic acid groups (broad SMARTS) is 1. The zero-order chi connectivity index (χ0) is 25.7. The van der Waals surface area contributed by atoms with E-state index >= 15 is 0 Å². The van der Waals surface area contributed by atoms with Crippen LogP contribution in [0.2, 0.25) is 0 Å². The molecule has 0 saturated heterocycles. The van der Waals surface area contributed by atoms with Gasteiger partial charge in [-0.25, -0.2) is 9.59 Å². The van der Waals surface area contributed by atoms with Crippen LogP contribution in [-0.2, 0) is 24.7 Å². The van der Waals surface area contributed by atoms with Crippen molar-refractivity contribution in [3.63, 3.8) is 0 Å². The van der Waals surface area contributed by atoms with Gasteiger partial charge >= 0.3 is 18.0 Å². The zero-order valence-electron chi connectivity index (χ0n) is 20.3. The molecule has 0 fully saturated rings. The minimum absolute atomic E-state index is 0.0794. The van der Waals surface area contributed by atoms with E-state index in [0.29, 0.717) is 0 Å². The quantitative estimate of drug-likeness (QED) is 0.401. The normalized spacial score (nSPS) is 13.3. The summed E-state index contributed by atoms with van der Waals surface area (Å²) in [5, 5.41) is 11.6. The van der Waals surface area contributed by atoms with Crippen molar-refractivity contribution in [2.75, 3.05) is 6.61 Å². The first-order valence-corrected chi connectivity index (χ1v) is 11.9. The Bertz CT molecular complexity index is 1210. The Hall–Kier alpha value is -4.13. The van der Waals surface area contributed by atoms with Crippen molar-refractivity contribution in [1.29, 1.82) is 0 Å². The molecule has 7 heteroatoms. The van der Waals surface area contributed by atoms with E-state index in [1.807, 2.05) is 78.9 Å². The molecule has 0 bridgehead atoms. The van der Waals surface area contributed by atoms with E-state index in [4.69, 9.17) is 14.6 Å². The topological polar surface area (TPSA) is 102 Å². The van der Waals surface area contributed by atoms with Gasteiger partial charge in [0.15, 0.2) is 0 Å². The number of benzene rings is 3. The van der Waals surface area contributed by atoms with Gasteiger partial charge < -0.3 is 19.9 Å². The molecule has 7 nitrogen and oxygen atoms in total. The van der Waals surface area contributed by atoms with Crippen LogP contribution in [0.25, 0.3) is 11.1 Å². The lowest BCUT2D eigenvalue weighted by Crippen LogP contribution is -2.45. The summed E-state index contributed by atoms with van der Waals surface area (Å²) in [6, 6.07) is 24.0. The molecule has 1 aliphatic carbocycles. The van der Waals surface area contributed by atoms with Gasteiger partial charge in [-0.15, -0.1) is 0 Å². The molecule has 3 aromatic rings. The van der Waals surface area contributed by atoms with Gasteiger partial charge in [0.2, 0.25) is 0 Å². The first-order chi connectivity index (χ1) is 17.3. The smallest absolute Gasteiger partial charge is 0.407 e. The van der Waals surface area contributed by atoms with Crippen LogP contribution >= 0.6 is 0 Å². The van der Waals surface area contributed by atoms with Crippen LogP contribution in [0.4, 0.5) is 4.79 Å². The highest BCUT2D eigenvalue weighted by Crippen LogP contribution is 2.44. The summed E-state index contributed by atoms with van der Waals surface area (Å²) in [5.74, 6) is -1.94. The van der Waals surface area contributed by atoms with Gasteiger partial charge in [0.25, 0.3) is 0 Å². The fourth-order valence-corrected chi connectivity index (χ4v) is 4.52. The molecule has 1 amide bonds. The van der Waals surface area contributed by atoms with Gasteiger partial charge in [-0.05, 0) is 48.1 Å². The maximum Gasteiger partial charge on any atom is 0.407 e. The van der Waals surface area contributed by atoms with E-state index in [0.717, 1.165) is 27.8 Å². The maximum absolute atomic E-state index is 13.0. The van der Waals surface area contributed by atoms with Crippen molar-refractivity contribution in [3.8, 4) is 11.1 Å². The highest BCUT2D eigenvalue weighted by molar-refractivity contribution is 5.83. The summed E-state index contributed by atoms with van der Waals surface area (Å²) < 4.78 is 11.2. The molecule has 36 heavy (non-hydrogen) atoms. The number of alkyl carbamates (subject to hydrolysis) is 1. The molecule has 1 atom stereocenters. The Morgan fingerprint density at radius 1 is 0.889 bits per heavy atom. The number of esters is 1. The molecule has 0 aliphatic heterocycles. The number of hydrogen-bond acceptors (Lipinski definition) is 5. The molecule has 3 aromatic carbocycles. The predicted molar refractivity (Wildman–Crippen MR) is 134 cm³/mol. The van der Waals surface area contributed by atoms with Crippen LogP contribution in [0.3, 0.4) is 0 Å². The van der Waals surface area contributed by atoms with Crippen molar-refractivity contribution in [3.05, 3.63) is 95.6 Å². The second-order valence-corrected chi connectivity index (χ2v) is 9.25. The zero-order valence-corrected chi connectivity index (χ0v) is 20.3. The Labute approximate surface area is 210 Å². The third-order valence-electron chi connectivity index (χ3n) is 6.39. The van der Waals surface area contributed by atoms with Crippen LogP contribution < -0.4 is 5.32 Å². The number of nitrogens with one attached hydrogen (secondary N) is 1. The Balaban J connectivity index is 1.43. The average molecular weight is 488 g/mol. The van der Waals surface area contributed by atoms with Gasteiger partial charge in [0.05, 0.1) is 0 Å². The molecule has 0 unspecified atom stereocenters. The van der Waals surface area contributed by atoms with E-state index in [1.54, 1.807) is 13.8 Å². The van der Waals surface area contributed by atoms with Gasteiger partial charge in [-0.2, -0.15) is 0 Å². The first-order valence-electron chi connectivity index (χ1n) is 11.9. The standard InChI is InChI=1S/C29H29NO6/c1-29(2,19-10-4-3-5-11-19)36-27(33)25(16-17-26(31)32)30-28(34)35-18-24-22-14-8-6-12-20(22)21-13-7-9-15-23(21)24/h3-15,24-25H,16-18H2,1-2H3,(H,30,34)(H,31,32)/t25-/m1/s1. The van der Waals surface area contributed by atoms with Crippen LogP contribution in [0.1, 0.15) is 49.3 Å². The maximum atomic E-state index is 13.0. The Morgan fingerprint density at radius 2 is 1.44 bits per heavy atom. The largest absolute Gasteiger partial charge is 0.481 e. The molecular weight excluding hydrogens is 458 g/mol. The number of aliphatic carboxylic acids is 1. The number of amides is 1. The van der Waals surface area contributed by atoms with Crippen molar-refractivity contribution in [2.45, 2.75) is 44.2 Å². The lowest BCUT2D eigenvalue weighted by Gasteiger charge is -2.28.